The van der Waals surface area contributed by atoms with E-state index in [-0.39, 0.29) is 0 Å². The summed E-state index contributed by atoms with van der Waals surface area (Å²) in [5.41, 5.74) is 24.4. The van der Waals surface area contributed by atoms with E-state index in [4.69, 9.17) is 9.97 Å². The van der Waals surface area contributed by atoms with Gasteiger partial charge in [-0.25, -0.2) is 9.97 Å². The summed E-state index contributed by atoms with van der Waals surface area (Å²) in [4.78, 5) is 11.8. The molecular weight excluding hydrogens is 1340 g/mol. The molecule has 0 aliphatic heterocycles. The van der Waals surface area contributed by atoms with E-state index in [0.29, 0.717) is 0 Å². The molecule has 0 bridgehead atoms. The van der Waals surface area contributed by atoms with Crippen LogP contribution in [0.15, 0.2) is 346 Å². The van der Waals surface area contributed by atoms with Crippen LogP contribution in [0.2, 0.25) is 0 Å². The Hall–Kier alpha value is -13.1. The number of nitrogens with zero attached hydrogens (tertiary/aromatic N) is 5. The molecule has 0 amide bonds. The fourth-order valence-corrected chi connectivity index (χ4v) is 20.4. The van der Waals surface area contributed by atoms with Crippen molar-refractivity contribution >= 4 is 171 Å². The molecule has 8 heteroatoms. The summed E-state index contributed by atoms with van der Waals surface area (Å²) in [6, 6.07) is 128. The van der Waals surface area contributed by atoms with Crippen LogP contribution in [0.4, 0.5) is 0 Å². The number of benzene rings is 16. The summed E-state index contributed by atoms with van der Waals surface area (Å²) in [6.07, 6.45) is 0. The third-order valence-corrected chi connectivity index (χ3v) is 25.5. The maximum absolute atomic E-state index is 5.97. The molecule has 16 aromatic carbocycles. The summed E-state index contributed by atoms with van der Waals surface area (Å²) < 4.78 is 15.1. The summed E-state index contributed by atoms with van der Waals surface area (Å²) in [7, 11) is 0. The lowest BCUT2D eigenvalue weighted by Gasteiger charge is -2.16. The van der Waals surface area contributed by atoms with Crippen molar-refractivity contribution in [1.82, 2.24) is 23.7 Å². The van der Waals surface area contributed by atoms with Crippen molar-refractivity contribution in [3.8, 4) is 84.1 Å². The number of rotatable bonds is 9. The highest BCUT2D eigenvalue weighted by Crippen LogP contribution is 2.46. The molecule has 106 heavy (non-hydrogen) atoms. The topological polar surface area (TPSA) is 40.6 Å². The standard InChI is InChI=1S/C98H57N5S3/c1-7-31-84-71(23-1)77-52-58(61-40-46-93-80(55-61)74-26-4-10-34-90(74)104-93)37-43-87(77)101(84)67-20-13-17-64(49-67)70-29-16-30-83-98(70)100-97(66-19-15-22-69(51-66)103-86-33-9-3-25-73(86)79-54-60(39-45-89(79)103)63-42-48-95-82(57-63)76-28-6-12-36-92(76)106-95)96(99-83)65-18-14-21-68(50-65)102-85-32-8-2-24-72(85)78-53-59(38-44-88(78)102)62-41-47-94-81(56-62)75-27-5-11-35-91(75)105-94/h1-57H. The van der Waals surface area contributed by atoms with E-state index < -0.39 is 0 Å². The van der Waals surface area contributed by atoms with Crippen molar-refractivity contribution in [1.29, 1.82) is 0 Å². The van der Waals surface area contributed by atoms with Crippen LogP contribution in [0.1, 0.15) is 0 Å². The van der Waals surface area contributed by atoms with Crippen LogP contribution in [0.5, 0.6) is 0 Å². The number of aromatic nitrogens is 5. The van der Waals surface area contributed by atoms with Gasteiger partial charge in [-0.15, -0.1) is 34.0 Å². The quantitative estimate of drug-likeness (QED) is 0.144. The summed E-state index contributed by atoms with van der Waals surface area (Å²) in [6.45, 7) is 0. The molecule has 0 aliphatic rings. The van der Waals surface area contributed by atoms with Crippen LogP contribution in [-0.4, -0.2) is 23.7 Å². The molecular formula is C98H57N5S3. The van der Waals surface area contributed by atoms with Crippen molar-refractivity contribution < 1.29 is 0 Å². The van der Waals surface area contributed by atoms with Gasteiger partial charge in [0.15, 0.2) is 0 Å². The molecule has 0 radical (unpaired) electrons. The first kappa shape index (κ1) is 59.4. The monoisotopic (exact) mass is 1400 g/mol. The van der Waals surface area contributed by atoms with E-state index in [2.05, 4.69) is 359 Å². The van der Waals surface area contributed by atoms with Crippen LogP contribution < -0.4 is 0 Å². The fraction of sp³-hybridized carbons (Fsp3) is 0. The van der Waals surface area contributed by atoms with Crippen molar-refractivity contribution in [2.24, 2.45) is 0 Å². The number of hydrogen-bond donors (Lipinski definition) is 0. The minimum atomic E-state index is 0.793. The smallest absolute Gasteiger partial charge is 0.0974 e. The number of para-hydroxylation sites is 4. The average Bonchev–Trinajstić information content (AvgIpc) is 1.60. The summed E-state index contributed by atoms with van der Waals surface area (Å²) >= 11 is 5.57. The van der Waals surface area contributed by atoms with Crippen LogP contribution in [0.3, 0.4) is 0 Å². The second-order valence-corrected chi connectivity index (χ2v) is 31.2. The van der Waals surface area contributed by atoms with Gasteiger partial charge >= 0.3 is 0 Å². The molecule has 0 spiro atoms. The molecule has 0 saturated carbocycles. The average molecular weight is 1400 g/mol. The summed E-state index contributed by atoms with van der Waals surface area (Å²) in [5, 5.41) is 15.0. The van der Waals surface area contributed by atoms with Gasteiger partial charge in [-0.05, 0) is 191 Å². The molecule has 492 valence electrons. The number of thiophene rings is 3. The van der Waals surface area contributed by atoms with Gasteiger partial charge in [0, 0.05) is 127 Å². The predicted molar refractivity (Wildman–Crippen MR) is 454 cm³/mol. The lowest BCUT2D eigenvalue weighted by atomic mass is 9.99. The first-order chi connectivity index (χ1) is 52.5. The van der Waals surface area contributed by atoms with Crippen molar-refractivity contribution in [2.45, 2.75) is 0 Å². The first-order valence-electron chi connectivity index (χ1n) is 36.0. The summed E-state index contributed by atoms with van der Waals surface area (Å²) in [5.74, 6) is 0. The van der Waals surface area contributed by atoms with Crippen molar-refractivity contribution in [3.63, 3.8) is 0 Å². The highest BCUT2D eigenvalue weighted by molar-refractivity contribution is 7.26. The van der Waals surface area contributed by atoms with E-state index in [9.17, 15) is 0 Å². The van der Waals surface area contributed by atoms with Gasteiger partial charge in [-0.1, -0.05) is 194 Å². The van der Waals surface area contributed by atoms with E-state index in [1.807, 2.05) is 34.0 Å². The third-order valence-electron chi connectivity index (χ3n) is 22.0. The highest BCUT2D eigenvalue weighted by atomic mass is 32.1. The van der Waals surface area contributed by atoms with Crippen LogP contribution >= 0.6 is 34.0 Å². The molecule has 5 nitrogen and oxygen atoms in total. The maximum Gasteiger partial charge on any atom is 0.0974 e. The van der Waals surface area contributed by atoms with Gasteiger partial charge in [0.25, 0.3) is 0 Å². The van der Waals surface area contributed by atoms with Gasteiger partial charge in [0.2, 0.25) is 0 Å². The SMILES string of the molecule is c1cc(-c2nc3cccc(-c4cccc(-n5c6ccccc6c6cc(-c7ccc8sc9ccccc9c8c7)ccc65)c4)c3nc2-c2cccc(-n3c4ccccc4c4cc(-c5ccc6sc7ccccc7c6c5)ccc43)c2)cc(-n2c3ccccc3c3cc(-c4ccc5sc6ccccc6c5c4)ccc32)c1. The first-order valence-corrected chi connectivity index (χ1v) is 38.4. The molecule has 23 aromatic rings. The Morgan fingerprint density at radius 3 is 0.896 bits per heavy atom. The van der Waals surface area contributed by atoms with E-state index in [1.165, 1.54) is 126 Å². The molecule has 0 unspecified atom stereocenters. The molecule has 0 N–H and O–H groups in total. The van der Waals surface area contributed by atoms with E-state index in [1.54, 1.807) is 0 Å². The molecule has 7 heterocycles. The molecule has 7 aromatic heterocycles. The Kier molecular flexibility index (Phi) is 13.0. The lowest BCUT2D eigenvalue weighted by Crippen LogP contribution is -2.00. The molecule has 0 fully saturated rings. The van der Waals surface area contributed by atoms with Gasteiger partial charge in [0.05, 0.1) is 55.5 Å². The maximum atomic E-state index is 5.97. The zero-order chi connectivity index (χ0) is 69.2. The van der Waals surface area contributed by atoms with Gasteiger partial charge in [-0.2, -0.15) is 0 Å². The fourth-order valence-electron chi connectivity index (χ4n) is 17.1. The van der Waals surface area contributed by atoms with Crippen molar-refractivity contribution in [3.05, 3.63) is 346 Å². The minimum absolute atomic E-state index is 0.793. The third kappa shape index (κ3) is 9.18. The minimum Gasteiger partial charge on any atom is -0.309 e. The lowest BCUT2D eigenvalue weighted by molar-refractivity contribution is 1.17. The van der Waals surface area contributed by atoms with Crippen molar-refractivity contribution in [2.75, 3.05) is 0 Å². The van der Waals surface area contributed by atoms with Gasteiger partial charge in [0.1, 0.15) is 0 Å². The Morgan fingerprint density at radius 1 is 0.189 bits per heavy atom. The molecule has 0 aliphatic carbocycles. The number of hydrogen-bond acceptors (Lipinski definition) is 5. The van der Waals surface area contributed by atoms with Crippen LogP contribution in [-0.2, 0) is 0 Å². The largest absolute Gasteiger partial charge is 0.309 e. The van der Waals surface area contributed by atoms with Crippen LogP contribution in [0, 0.1) is 0 Å². The Balaban J connectivity index is 0.682. The molecule has 23 rings (SSSR count). The van der Waals surface area contributed by atoms with E-state index in [0.717, 1.165) is 94.8 Å². The molecule has 0 saturated heterocycles. The van der Waals surface area contributed by atoms with Gasteiger partial charge in [-0.3, -0.25) is 0 Å². The zero-order valence-corrected chi connectivity index (χ0v) is 59.3. The van der Waals surface area contributed by atoms with Crippen LogP contribution in [0.25, 0.3) is 221 Å². The van der Waals surface area contributed by atoms with Gasteiger partial charge < -0.3 is 13.7 Å². The zero-order valence-electron chi connectivity index (χ0n) is 56.9. The molecule has 0 atom stereocenters. The Morgan fingerprint density at radius 2 is 0.491 bits per heavy atom. The predicted octanol–water partition coefficient (Wildman–Crippen LogP) is 28.0. The second-order valence-electron chi connectivity index (χ2n) is 27.9. The Labute approximate surface area is 619 Å². The van der Waals surface area contributed by atoms with E-state index >= 15 is 0 Å². The number of fused-ring (bicyclic) bond motifs is 19. The Bertz CT molecular complexity index is 7680. The normalized spacial score (nSPS) is 12.2. The second kappa shape index (κ2) is 23.2. The highest BCUT2D eigenvalue weighted by Gasteiger charge is 2.23.